The summed E-state index contributed by atoms with van der Waals surface area (Å²) in [5.74, 6) is -2.45. The number of anilines is 1. The summed E-state index contributed by atoms with van der Waals surface area (Å²) >= 11 is 0. The molecular weight excluding hydrogens is 255 g/mol. The zero-order valence-corrected chi connectivity index (χ0v) is 10.2. The van der Waals surface area contributed by atoms with Crippen molar-refractivity contribution in [2.45, 2.75) is 6.54 Å². The summed E-state index contributed by atoms with van der Waals surface area (Å²) < 4.78 is 44.2. The van der Waals surface area contributed by atoms with Crippen molar-refractivity contribution in [1.82, 2.24) is 0 Å². The molecule has 0 amide bonds. The highest BCUT2D eigenvalue weighted by Gasteiger charge is 2.09. The molecule has 19 heavy (non-hydrogen) atoms. The average molecular weight is 267 g/mol. The Morgan fingerprint density at radius 1 is 1.00 bits per heavy atom. The quantitative estimate of drug-likeness (QED) is 0.852. The van der Waals surface area contributed by atoms with Gasteiger partial charge in [-0.3, -0.25) is 0 Å². The molecule has 0 aromatic heterocycles. The van der Waals surface area contributed by atoms with Crippen molar-refractivity contribution in [3.05, 3.63) is 59.4 Å². The molecule has 0 aliphatic heterocycles. The number of ether oxygens (including phenoxy) is 1. The molecule has 0 fully saturated rings. The van der Waals surface area contributed by atoms with E-state index in [1.165, 1.54) is 0 Å². The first-order valence-corrected chi connectivity index (χ1v) is 5.61. The van der Waals surface area contributed by atoms with Crippen LogP contribution in [0.3, 0.4) is 0 Å². The average Bonchev–Trinajstić information content (AvgIpc) is 2.41. The zero-order valence-electron chi connectivity index (χ0n) is 10.2. The first-order valence-electron chi connectivity index (χ1n) is 5.61. The fourth-order valence-electron chi connectivity index (χ4n) is 1.64. The van der Waals surface area contributed by atoms with Gasteiger partial charge < -0.3 is 10.1 Å². The van der Waals surface area contributed by atoms with Gasteiger partial charge in [0.2, 0.25) is 0 Å². The maximum absolute atomic E-state index is 13.4. The van der Waals surface area contributed by atoms with Gasteiger partial charge in [0.05, 0.1) is 12.8 Å². The molecule has 0 unspecified atom stereocenters. The van der Waals surface area contributed by atoms with Crippen LogP contribution in [0, 0.1) is 17.5 Å². The Kier molecular flexibility index (Phi) is 3.94. The first kappa shape index (κ1) is 13.3. The third kappa shape index (κ3) is 3.19. The summed E-state index contributed by atoms with van der Waals surface area (Å²) in [6.45, 7) is 0.277. The van der Waals surface area contributed by atoms with E-state index in [1.54, 1.807) is 25.3 Å². The van der Waals surface area contributed by atoms with E-state index in [0.717, 1.165) is 11.6 Å². The number of nitrogens with one attached hydrogen (secondary N) is 1. The van der Waals surface area contributed by atoms with Crippen LogP contribution in [0.25, 0.3) is 0 Å². The van der Waals surface area contributed by atoms with Crippen molar-refractivity contribution in [2.75, 3.05) is 12.4 Å². The minimum Gasteiger partial charge on any atom is -0.497 e. The van der Waals surface area contributed by atoms with E-state index < -0.39 is 17.5 Å². The number of methoxy groups -OCH3 is 1. The lowest BCUT2D eigenvalue weighted by molar-refractivity contribution is 0.414. The molecule has 0 heterocycles. The fourth-order valence-corrected chi connectivity index (χ4v) is 1.64. The number of halogens is 3. The Hall–Kier alpha value is -2.17. The monoisotopic (exact) mass is 267 g/mol. The van der Waals surface area contributed by atoms with Crippen LogP contribution >= 0.6 is 0 Å². The Morgan fingerprint density at radius 3 is 2.47 bits per heavy atom. The van der Waals surface area contributed by atoms with Crippen LogP contribution in [0.15, 0.2) is 36.4 Å². The van der Waals surface area contributed by atoms with Crippen molar-refractivity contribution in [3.63, 3.8) is 0 Å². The molecular formula is C14H12F3NO. The summed E-state index contributed by atoms with van der Waals surface area (Å²) in [7, 11) is 1.54. The second kappa shape index (κ2) is 5.65. The van der Waals surface area contributed by atoms with Gasteiger partial charge in [-0.1, -0.05) is 12.1 Å². The molecule has 0 aliphatic carbocycles. The van der Waals surface area contributed by atoms with Gasteiger partial charge in [0.25, 0.3) is 0 Å². The lowest BCUT2D eigenvalue weighted by Crippen LogP contribution is -2.03. The van der Waals surface area contributed by atoms with E-state index >= 15 is 0 Å². The SMILES string of the molecule is COc1cccc(CNc2cc(F)c(F)cc2F)c1. The van der Waals surface area contributed by atoms with Crippen LogP contribution in [0.1, 0.15) is 5.56 Å². The van der Waals surface area contributed by atoms with Gasteiger partial charge in [0.1, 0.15) is 11.6 Å². The zero-order chi connectivity index (χ0) is 13.8. The molecule has 0 spiro atoms. The summed E-state index contributed by atoms with van der Waals surface area (Å²) in [6.07, 6.45) is 0. The van der Waals surface area contributed by atoms with E-state index in [2.05, 4.69) is 5.32 Å². The number of rotatable bonds is 4. The van der Waals surface area contributed by atoms with Gasteiger partial charge in [0.15, 0.2) is 11.6 Å². The van der Waals surface area contributed by atoms with Gasteiger partial charge in [0, 0.05) is 18.7 Å². The summed E-state index contributed by atoms with van der Waals surface area (Å²) in [6, 6.07) is 8.46. The smallest absolute Gasteiger partial charge is 0.161 e. The molecule has 2 aromatic carbocycles. The molecule has 2 rings (SSSR count). The van der Waals surface area contributed by atoms with Crippen LogP contribution in [0.4, 0.5) is 18.9 Å². The number of benzene rings is 2. The third-order valence-corrected chi connectivity index (χ3v) is 2.63. The second-order valence-corrected chi connectivity index (χ2v) is 3.95. The first-order chi connectivity index (χ1) is 9.10. The van der Waals surface area contributed by atoms with Gasteiger partial charge >= 0.3 is 0 Å². The van der Waals surface area contributed by atoms with E-state index in [9.17, 15) is 13.2 Å². The highest BCUT2D eigenvalue weighted by Crippen LogP contribution is 2.20. The van der Waals surface area contributed by atoms with Crippen molar-refractivity contribution in [1.29, 1.82) is 0 Å². The van der Waals surface area contributed by atoms with Crippen LogP contribution in [0.2, 0.25) is 0 Å². The largest absolute Gasteiger partial charge is 0.497 e. The molecule has 0 aliphatic rings. The minimum absolute atomic E-state index is 0.0817. The van der Waals surface area contributed by atoms with E-state index in [4.69, 9.17) is 4.74 Å². The van der Waals surface area contributed by atoms with Gasteiger partial charge in [-0.15, -0.1) is 0 Å². The second-order valence-electron chi connectivity index (χ2n) is 3.95. The topological polar surface area (TPSA) is 21.3 Å². The highest BCUT2D eigenvalue weighted by atomic mass is 19.2. The van der Waals surface area contributed by atoms with Gasteiger partial charge in [-0.2, -0.15) is 0 Å². The van der Waals surface area contributed by atoms with E-state index in [1.807, 2.05) is 6.07 Å². The lowest BCUT2D eigenvalue weighted by Gasteiger charge is -2.09. The van der Waals surface area contributed by atoms with Crippen molar-refractivity contribution in [3.8, 4) is 5.75 Å². The number of hydrogen-bond donors (Lipinski definition) is 1. The molecule has 0 radical (unpaired) electrons. The highest BCUT2D eigenvalue weighted by molar-refractivity contribution is 5.46. The van der Waals surface area contributed by atoms with Crippen molar-refractivity contribution < 1.29 is 17.9 Å². The molecule has 5 heteroatoms. The van der Waals surface area contributed by atoms with Gasteiger partial charge in [-0.05, 0) is 17.7 Å². The van der Waals surface area contributed by atoms with Crippen LogP contribution in [-0.4, -0.2) is 7.11 Å². The molecule has 2 nitrogen and oxygen atoms in total. The molecule has 1 N–H and O–H groups in total. The predicted molar refractivity (Wildman–Crippen MR) is 66.6 cm³/mol. The Bertz CT molecular complexity index is 587. The maximum atomic E-state index is 13.4. The Balaban J connectivity index is 2.12. The summed E-state index contributed by atoms with van der Waals surface area (Å²) in [5.41, 5.74) is 0.755. The maximum Gasteiger partial charge on any atom is 0.161 e. The van der Waals surface area contributed by atoms with Crippen molar-refractivity contribution in [2.24, 2.45) is 0 Å². The summed E-state index contributed by atoms with van der Waals surface area (Å²) in [5, 5.41) is 2.71. The Labute approximate surface area is 108 Å². The molecule has 100 valence electrons. The number of hydrogen-bond acceptors (Lipinski definition) is 2. The molecule has 2 aromatic rings. The lowest BCUT2D eigenvalue weighted by atomic mass is 10.2. The molecule has 0 bridgehead atoms. The molecule has 0 saturated heterocycles. The molecule has 0 saturated carbocycles. The van der Waals surface area contributed by atoms with Crippen molar-refractivity contribution >= 4 is 5.69 Å². The fraction of sp³-hybridized carbons (Fsp3) is 0.143. The summed E-state index contributed by atoms with van der Waals surface area (Å²) in [4.78, 5) is 0. The Morgan fingerprint density at radius 2 is 1.74 bits per heavy atom. The van der Waals surface area contributed by atoms with Gasteiger partial charge in [-0.25, -0.2) is 13.2 Å². The standard InChI is InChI=1S/C14H12F3NO/c1-19-10-4-2-3-9(5-10)8-18-14-7-12(16)11(15)6-13(14)17/h2-7,18H,8H2,1H3. The van der Waals surface area contributed by atoms with Crippen LogP contribution < -0.4 is 10.1 Å². The molecule has 0 atom stereocenters. The van der Waals surface area contributed by atoms with Crippen LogP contribution in [-0.2, 0) is 6.54 Å². The predicted octanol–water partition coefficient (Wildman–Crippen LogP) is 3.72. The van der Waals surface area contributed by atoms with E-state index in [-0.39, 0.29) is 12.2 Å². The normalized spacial score (nSPS) is 10.3. The third-order valence-electron chi connectivity index (χ3n) is 2.63. The van der Waals surface area contributed by atoms with E-state index in [0.29, 0.717) is 11.8 Å². The van der Waals surface area contributed by atoms with Crippen LogP contribution in [0.5, 0.6) is 5.75 Å². The minimum atomic E-state index is -1.20.